The fourth-order valence-corrected chi connectivity index (χ4v) is 2.82. The van der Waals surface area contributed by atoms with E-state index in [1.54, 1.807) is 32.4 Å². The number of benzene rings is 2. The molecule has 1 N–H and O–H groups in total. The lowest BCUT2D eigenvalue weighted by molar-refractivity contribution is -0.117. The molecular formula is C23H26N2O5. The minimum atomic E-state index is -0.439. The van der Waals surface area contributed by atoms with E-state index in [2.05, 4.69) is 5.32 Å². The van der Waals surface area contributed by atoms with Gasteiger partial charge in [0.1, 0.15) is 11.6 Å². The number of nitrogens with zero attached hydrogens (tertiary/aromatic N) is 1. The molecule has 0 aliphatic carbocycles. The average Bonchev–Trinajstić information content (AvgIpc) is 2.78. The Labute approximate surface area is 176 Å². The summed E-state index contributed by atoms with van der Waals surface area (Å²) in [7, 11) is 4.69. The molecule has 0 heterocycles. The molecule has 2 rings (SSSR count). The molecule has 2 aromatic carbocycles. The number of ether oxygens (including phenoxy) is 4. The van der Waals surface area contributed by atoms with Crippen molar-refractivity contribution < 1.29 is 23.7 Å². The first kappa shape index (κ1) is 22.6. The summed E-state index contributed by atoms with van der Waals surface area (Å²) in [5.74, 6) is 1.98. The summed E-state index contributed by atoms with van der Waals surface area (Å²) in [6, 6.07) is 12.8. The van der Waals surface area contributed by atoms with E-state index in [0.717, 1.165) is 5.56 Å². The van der Waals surface area contributed by atoms with Crippen molar-refractivity contribution in [1.82, 2.24) is 5.32 Å². The van der Waals surface area contributed by atoms with Crippen molar-refractivity contribution in [2.45, 2.75) is 13.3 Å². The van der Waals surface area contributed by atoms with Crippen LogP contribution in [0.1, 0.15) is 18.1 Å². The van der Waals surface area contributed by atoms with Crippen molar-refractivity contribution in [3.63, 3.8) is 0 Å². The maximum atomic E-state index is 12.4. The van der Waals surface area contributed by atoms with Gasteiger partial charge in [0, 0.05) is 6.54 Å². The molecule has 0 fully saturated rings. The number of amides is 1. The molecule has 0 radical (unpaired) electrons. The molecule has 0 unspecified atom stereocenters. The Bertz CT molecular complexity index is 947. The van der Waals surface area contributed by atoms with Crippen LogP contribution >= 0.6 is 0 Å². The van der Waals surface area contributed by atoms with Crippen LogP contribution in [0.3, 0.4) is 0 Å². The van der Waals surface area contributed by atoms with Crippen LogP contribution in [0, 0.1) is 11.3 Å². The van der Waals surface area contributed by atoms with Gasteiger partial charge < -0.3 is 24.3 Å². The van der Waals surface area contributed by atoms with Gasteiger partial charge in [0.25, 0.3) is 5.91 Å². The number of carbonyl (C=O) groups is 1. The van der Waals surface area contributed by atoms with E-state index in [0.29, 0.717) is 48.1 Å². The zero-order chi connectivity index (χ0) is 21.9. The van der Waals surface area contributed by atoms with Crippen LogP contribution in [-0.2, 0) is 11.2 Å². The van der Waals surface area contributed by atoms with Gasteiger partial charge in [-0.05, 0) is 54.8 Å². The van der Waals surface area contributed by atoms with E-state index >= 15 is 0 Å². The number of methoxy groups -OCH3 is 3. The molecule has 0 bridgehead atoms. The Kier molecular flexibility index (Phi) is 8.57. The fraction of sp³-hybridized carbons (Fsp3) is 0.304. The highest BCUT2D eigenvalue weighted by molar-refractivity contribution is 6.01. The predicted octanol–water partition coefficient (Wildman–Crippen LogP) is 3.38. The number of hydrogen-bond donors (Lipinski definition) is 1. The molecule has 0 saturated carbocycles. The van der Waals surface area contributed by atoms with Crippen LogP contribution in [-0.4, -0.2) is 40.4 Å². The van der Waals surface area contributed by atoms with Gasteiger partial charge in [0.05, 0.1) is 27.9 Å². The van der Waals surface area contributed by atoms with E-state index in [9.17, 15) is 10.1 Å². The molecule has 7 nitrogen and oxygen atoms in total. The van der Waals surface area contributed by atoms with Crippen molar-refractivity contribution in [2.75, 3.05) is 34.5 Å². The van der Waals surface area contributed by atoms with Gasteiger partial charge in [-0.2, -0.15) is 5.26 Å². The second-order valence-electron chi connectivity index (χ2n) is 6.21. The number of rotatable bonds is 10. The summed E-state index contributed by atoms with van der Waals surface area (Å²) in [6.07, 6.45) is 2.10. The number of carbonyl (C=O) groups excluding carboxylic acids is 1. The topological polar surface area (TPSA) is 89.8 Å². The normalized spacial score (nSPS) is 10.7. The van der Waals surface area contributed by atoms with Crippen molar-refractivity contribution in [1.29, 1.82) is 5.26 Å². The molecule has 0 aromatic heterocycles. The maximum absolute atomic E-state index is 12.4. The highest BCUT2D eigenvalue weighted by Gasteiger charge is 2.11. The van der Waals surface area contributed by atoms with Crippen molar-refractivity contribution in [3.8, 4) is 29.1 Å². The monoisotopic (exact) mass is 410 g/mol. The lowest BCUT2D eigenvalue weighted by Crippen LogP contribution is -2.26. The van der Waals surface area contributed by atoms with Crippen LogP contribution in [0.4, 0.5) is 0 Å². The highest BCUT2D eigenvalue weighted by Crippen LogP contribution is 2.29. The van der Waals surface area contributed by atoms with Gasteiger partial charge in [0.2, 0.25) is 0 Å². The molecule has 30 heavy (non-hydrogen) atoms. The first-order valence-corrected chi connectivity index (χ1v) is 9.48. The Morgan fingerprint density at radius 2 is 1.67 bits per heavy atom. The second-order valence-corrected chi connectivity index (χ2v) is 6.21. The number of nitriles is 1. The van der Waals surface area contributed by atoms with Crippen molar-refractivity contribution in [2.24, 2.45) is 0 Å². The third-order valence-corrected chi connectivity index (χ3v) is 4.31. The average molecular weight is 410 g/mol. The molecule has 0 atom stereocenters. The van der Waals surface area contributed by atoms with Gasteiger partial charge in [0.15, 0.2) is 23.0 Å². The van der Waals surface area contributed by atoms with Gasteiger partial charge in [-0.25, -0.2) is 0 Å². The number of hydrogen-bond acceptors (Lipinski definition) is 6. The van der Waals surface area contributed by atoms with E-state index in [1.165, 1.54) is 13.2 Å². The molecule has 2 aromatic rings. The fourth-order valence-electron chi connectivity index (χ4n) is 2.82. The minimum absolute atomic E-state index is 0.00789. The predicted molar refractivity (Wildman–Crippen MR) is 114 cm³/mol. The summed E-state index contributed by atoms with van der Waals surface area (Å²) >= 11 is 0. The van der Waals surface area contributed by atoms with Gasteiger partial charge in [-0.3, -0.25) is 4.79 Å². The standard InChI is InChI=1S/C23H26N2O5/c1-5-30-20-9-7-17(14-22(20)29-4)12-18(15-24)23(26)25-11-10-16-6-8-19(27-2)21(13-16)28-3/h6-9,12-14H,5,10-11H2,1-4H3,(H,25,26)/b18-12+. The van der Waals surface area contributed by atoms with Gasteiger partial charge >= 0.3 is 0 Å². The number of nitrogens with one attached hydrogen (secondary N) is 1. The third-order valence-electron chi connectivity index (χ3n) is 4.31. The summed E-state index contributed by atoms with van der Waals surface area (Å²) in [4.78, 5) is 12.4. The Morgan fingerprint density at radius 1 is 1.00 bits per heavy atom. The van der Waals surface area contributed by atoms with Crippen LogP contribution in [0.25, 0.3) is 6.08 Å². The second kappa shape index (κ2) is 11.4. The van der Waals surface area contributed by atoms with E-state index in [-0.39, 0.29) is 5.57 Å². The van der Waals surface area contributed by atoms with Gasteiger partial charge in [-0.1, -0.05) is 12.1 Å². The van der Waals surface area contributed by atoms with Crippen molar-refractivity contribution in [3.05, 3.63) is 53.1 Å². The molecular weight excluding hydrogens is 384 g/mol. The third kappa shape index (κ3) is 5.92. The first-order chi connectivity index (χ1) is 14.6. The first-order valence-electron chi connectivity index (χ1n) is 9.48. The van der Waals surface area contributed by atoms with E-state index < -0.39 is 5.91 Å². The van der Waals surface area contributed by atoms with Crippen LogP contribution in [0.2, 0.25) is 0 Å². The van der Waals surface area contributed by atoms with E-state index in [4.69, 9.17) is 18.9 Å². The lowest BCUT2D eigenvalue weighted by atomic mass is 10.1. The summed E-state index contributed by atoms with van der Waals surface area (Å²) in [5, 5.41) is 12.2. The molecule has 0 aliphatic heterocycles. The molecule has 158 valence electrons. The Hall–Kier alpha value is -3.66. The summed E-state index contributed by atoms with van der Waals surface area (Å²) < 4.78 is 21.3. The molecule has 0 spiro atoms. The van der Waals surface area contributed by atoms with Gasteiger partial charge in [-0.15, -0.1) is 0 Å². The van der Waals surface area contributed by atoms with Crippen LogP contribution in [0.5, 0.6) is 23.0 Å². The lowest BCUT2D eigenvalue weighted by Gasteiger charge is -2.10. The SMILES string of the molecule is CCOc1ccc(/C=C(\C#N)C(=O)NCCc2ccc(OC)c(OC)c2)cc1OC. The zero-order valence-corrected chi connectivity index (χ0v) is 17.7. The van der Waals surface area contributed by atoms with Crippen LogP contribution < -0.4 is 24.3 Å². The largest absolute Gasteiger partial charge is 0.493 e. The molecule has 0 saturated heterocycles. The van der Waals surface area contributed by atoms with E-state index in [1.807, 2.05) is 31.2 Å². The maximum Gasteiger partial charge on any atom is 0.261 e. The minimum Gasteiger partial charge on any atom is -0.493 e. The molecule has 7 heteroatoms. The quantitative estimate of drug-likeness (QED) is 0.477. The summed E-state index contributed by atoms with van der Waals surface area (Å²) in [6.45, 7) is 2.77. The highest BCUT2D eigenvalue weighted by atomic mass is 16.5. The molecule has 0 aliphatic rings. The summed E-state index contributed by atoms with van der Waals surface area (Å²) in [5.41, 5.74) is 1.65. The molecule has 1 amide bonds. The van der Waals surface area contributed by atoms with Crippen LogP contribution in [0.15, 0.2) is 42.0 Å². The Morgan fingerprint density at radius 3 is 2.30 bits per heavy atom. The Balaban J connectivity index is 2.04. The smallest absolute Gasteiger partial charge is 0.261 e. The zero-order valence-electron chi connectivity index (χ0n) is 17.7. The van der Waals surface area contributed by atoms with Crippen molar-refractivity contribution >= 4 is 12.0 Å².